The van der Waals surface area contributed by atoms with Crippen LogP contribution < -0.4 is 10.1 Å². The minimum Gasteiger partial charge on any atom is -0.462 e. The predicted octanol–water partition coefficient (Wildman–Crippen LogP) is 1.90. The molecule has 1 aliphatic heterocycles. The molecule has 1 heterocycles. The first-order chi connectivity index (χ1) is 13.0. The third-order valence-corrected chi connectivity index (χ3v) is 4.46. The molecule has 2 aromatic rings. The molecule has 1 fully saturated rings. The maximum Gasteiger partial charge on any atom is 0.251 e. The lowest BCUT2D eigenvalue weighted by Gasteiger charge is -2.35. The van der Waals surface area contributed by atoms with E-state index in [0.717, 1.165) is 11.1 Å². The van der Waals surface area contributed by atoms with Crippen LogP contribution in [0, 0.1) is 0 Å². The van der Waals surface area contributed by atoms with Crippen LogP contribution in [0.25, 0.3) is 11.1 Å². The van der Waals surface area contributed by atoms with Gasteiger partial charge in [-0.1, -0.05) is 24.3 Å². The van der Waals surface area contributed by atoms with E-state index >= 15 is 0 Å². The molecule has 1 aliphatic rings. The molecule has 0 unspecified atom stereocenters. The Morgan fingerprint density at radius 2 is 2.00 bits per heavy atom. The summed E-state index contributed by atoms with van der Waals surface area (Å²) in [6.45, 7) is -0.340. The number of ether oxygens (including phenoxy) is 2. The Kier molecular flexibility index (Phi) is 6.05. The smallest absolute Gasteiger partial charge is 0.251 e. The molecule has 3 rings (SSSR count). The maximum absolute atomic E-state index is 13.8. The SMILES string of the molecule is CNC(=O)c1cccc(-c2ccc(O[C@H]3O[C@H](CO)C[C@H](F)[C@@H]3O)cc2)c1. The summed E-state index contributed by atoms with van der Waals surface area (Å²) in [5.74, 6) is 0.232. The average Bonchev–Trinajstić information content (AvgIpc) is 2.71. The molecule has 0 aliphatic carbocycles. The summed E-state index contributed by atoms with van der Waals surface area (Å²) < 4.78 is 24.8. The van der Waals surface area contributed by atoms with Crippen molar-refractivity contribution in [3.05, 3.63) is 54.1 Å². The Morgan fingerprint density at radius 1 is 1.26 bits per heavy atom. The van der Waals surface area contributed by atoms with Crippen molar-refractivity contribution in [3.63, 3.8) is 0 Å². The molecule has 2 aromatic carbocycles. The Bertz CT molecular complexity index is 782. The number of aliphatic hydroxyl groups excluding tert-OH is 2. The Morgan fingerprint density at radius 3 is 2.67 bits per heavy atom. The van der Waals surface area contributed by atoms with E-state index in [1.165, 1.54) is 0 Å². The van der Waals surface area contributed by atoms with Gasteiger partial charge < -0.3 is 25.0 Å². The van der Waals surface area contributed by atoms with E-state index in [-0.39, 0.29) is 18.9 Å². The van der Waals surface area contributed by atoms with Crippen LogP contribution in [0.3, 0.4) is 0 Å². The fourth-order valence-electron chi connectivity index (χ4n) is 2.95. The van der Waals surface area contributed by atoms with Gasteiger partial charge in [0.25, 0.3) is 5.91 Å². The molecule has 1 amide bonds. The van der Waals surface area contributed by atoms with Gasteiger partial charge in [-0.05, 0) is 35.4 Å². The Labute approximate surface area is 156 Å². The number of rotatable bonds is 5. The summed E-state index contributed by atoms with van der Waals surface area (Å²) in [6.07, 6.45) is -4.91. The molecule has 27 heavy (non-hydrogen) atoms. The van der Waals surface area contributed by atoms with E-state index in [1.807, 2.05) is 6.07 Å². The first-order valence-corrected chi connectivity index (χ1v) is 8.69. The predicted molar refractivity (Wildman–Crippen MR) is 97.2 cm³/mol. The highest BCUT2D eigenvalue weighted by Crippen LogP contribution is 2.28. The maximum atomic E-state index is 13.8. The molecule has 0 radical (unpaired) electrons. The normalized spacial score (nSPS) is 25.0. The topological polar surface area (TPSA) is 88.0 Å². The molecule has 1 saturated heterocycles. The second kappa shape index (κ2) is 8.47. The lowest BCUT2D eigenvalue weighted by molar-refractivity contribution is -0.229. The molecular formula is C20H22FNO5. The molecule has 3 N–H and O–H groups in total. The van der Waals surface area contributed by atoms with E-state index in [4.69, 9.17) is 14.6 Å². The van der Waals surface area contributed by atoms with Crippen molar-refractivity contribution in [3.8, 4) is 16.9 Å². The highest BCUT2D eigenvalue weighted by Gasteiger charge is 2.39. The Balaban J connectivity index is 1.73. The van der Waals surface area contributed by atoms with Gasteiger partial charge in [0.15, 0.2) is 0 Å². The van der Waals surface area contributed by atoms with Gasteiger partial charge in [0.1, 0.15) is 18.0 Å². The van der Waals surface area contributed by atoms with Crippen molar-refractivity contribution in [1.29, 1.82) is 0 Å². The number of hydrogen-bond donors (Lipinski definition) is 3. The first kappa shape index (κ1) is 19.3. The van der Waals surface area contributed by atoms with E-state index in [2.05, 4.69) is 5.32 Å². The van der Waals surface area contributed by atoms with E-state index in [0.29, 0.717) is 11.3 Å². The van der Waals surface area contributed by atoms with E-state index in [9.17, 15) is 14.3 Å². The number of halogens is 1. The summed E-state index contributed by atoms with van der Waals surface area (Å²) in [5.41, 5.74) is 2.29. The summed E-state index contributed by atoms with van der Waals surface area (Å²) in [7, 11) is 1.58. The number of amides is 1. The molecule has 144 valence electrons. The average molecular weight is 375 g/mol. The van der Waals surface area contributed by atoms with Gasteiger partial charge in [-0.15, -0.1) is 0 Å². The lowest BCUT2D eigenvalue weighted by Crippen LogP contribution is -2.50. The summed E-state index contributed by atoms with van der Waals surface area (Å²) in [6, 6.07) is 14.1. The number of benzene rings is 2. The Hall–Kier alpha value is -2.48. The van der Waals surface area contributed by atoms with Gasteiger partial charge in [0.2, 0.25) is 6.29 Å². The van der Waals surface area contributed by atoms with Gasteiger partial charge >= 0.3 is 0 Å². The van der Waals surface area contributed by atoms with Crippen LogP contribution in [0.5, 0.6) is 5.75 Å². The van der Waals surface area contributed by atoms with Crippen molar-refractivity contribution in [2.75, 3.05) is 13.7 Å². The fraction of sp³-hybridized carbons (Fsp3) is 0.350. The van der Waals surface area contributed by atoms with Gasteiger partial charge in [-0.3, -0.25) is 4.79 Å². The van der Waals surface area contributed by atoms with Crippen molar-refractivity contribution < 1.29 is 28.9 Å². The van der Waals surface area contributed by atoms with Crippen LogP contribution in [0.4, 0.5) is 4.39 Å². The van der Waals surface area contributed by atoms with Crippen LogP contribution >= 0.6 is 0 Å². The zero-order chi connectivity index (χ0) is 19.4. The molecule has 0 aromatic heterocycles. The van der Waals surface area contributed by atoms with Crippen molar-refractivity contribution in [1.82, 2.24) is 5.32 Å². The third kappa shape index (κ3) is 4.44. The van der Waals surface area contributed by atoms with Crippen molar-refractivity contribution >= 4 is 5.91 Å². The summed E-state index contributed by atoms with van der Waals surface area (Å²) in [4.78, 5) is 11.8. The molecule has 0 saturated carbocycles. The van der Waals surface area contributed by atoms with Gasteiger partial charge in [0.05, 0.1) is 12.7 Å². The molecule has 0 spiro atoms. The lowest BCUT2D eigenvalue weighted by atomic mass is 10.0. The van der Waals surface area contributed by atoms with Gasteiger partial charge in [0, 0.05) is 19.0 Å². The summed E-state index contributed by atoms with van der Waals surface area (Å²) >= 11 is 0. The van der Waals surface area contributed by atoms with Gasteiger partial charge in [-0.2, -0.15) is 0 Å². The number of nitrogens with one attached hydrogen (secondary N) is 1. The molecule has 4 atom stereocenters. The highest BCUT2D eigenvalue weighted by atomic mass is 19.1. The largest absolute Gasteiger partial charge is 0.462 e. The molecular weight excluding hydrogens is 353 g/mol. The van der Waals surface area contributed by atoms with Crippen LogP contribution in [-0.2, 0) is 4.74 Å². The highest BCUT2D eigenvalue weighted by molar-refractivity contribution is 5.95. The molecule has 7 heteroatoms. The minimum atomic E-state index is -1.52. The van der Waals surface area contributed by atoms with Crippen molar-refractivity contribution in [2.24, 2.45) is 0 Å². The van der Waals surface area contributed by atoms with Crippen LogP contribution in [-0.4, -0.2) is 54.4 Å². The van der Waals surface area contributed by atoms with E-state index in [1.54, 1.807) is 49.5 Å². The second-order valence-corrected chi connectivity index (χ2v) is 6.35. The third-order valence-electron chi connectivity index (χ3n) is 4.46. The number of alkyl halides is 1. The minimum absolute atomic E-state index is 0.0713. The quantitative estimate of drug-likeness (QED) is 0.743. The second-order valence-electron chi connectivity index (χ2n) is 6.35. The number of aliphatic hydroxyl groups is 2. The summed E-state index contributed by atoms with van der Waals surface area (Å²) in [5, 5.41) is 21.7. The zero-order valence-electron chi connectivity index (χ0n) is 14.8. The van der Waals surface area contributed by atoms with Crippen LogP contribution in [0.1, 0.15) is 16.8 Å². The number of hydrogen-bond acceptors (Lipinski definition) is 5. The number of carbonyl (C=O) groups excluding carboxylic acids is 1. The molecule has 0 bridgehead atoms. The van der Waals surface area contributed by atoms with Crippen LogP contribution in [0.15, 0.2) is 48.5 Å². The number of carbonyl (C=O) groups is 1. The monoisotopic (exact) mass is 375 g/mol. The molecule has 6 nitrogen and oxygen atoms in total. The van der Waals surface area contributed by atoms with Gasteiger partial charge in [-0.25, -0.2) is 4.39 Å². The standard InChI is InChI=1S/C20H22FNO5/c1-22-19(25)14-4-2-3-13(9-14)12-5-7-15(8-6-12)26-20-18(24)17(21)10-16(11-23)27-20/h2-9,16-18,20,23-24H,10-11H2,1H3,(H,22,25)/t16-,17-,18-,20-/m0/s1. The first-order valence-electron chi connectivity index (χ1n) is 8.69. The van der Waals surface area contributed by atoms with E-state index < -0.39 is 24.7 Å². The van der Waals surface area contributed by atoms with Crippen LogP contribution in [0.2, 0.25) is 0 Å². The van der Waals surface area contributed by atoms with Crippen molar-refractivity contribution in [2.45, 2.75) is 31.1 Å². The zero-order valence-corrected chi connectivity index (χ0v) is 14.8. The fourth-order valence-corrected chi connectivity index (χ4v) is 2.95.